The zero-order chi connectivity index (χ0) is 17.5. The van der Waals surface area contributed by atoms with Crippen LogP contribution in [0, 0.1) is 0 Å². The van der Waals surface area contributed by atoms with Gasteiger partial charge in [0.15, 0.2) is 0 Å². The van der Waals surface area contributed by atoms with Gasteiger partial charge in [-0.2, -0.15) is 0 Å². The Balaban J connectivity index is 1.49. The van der Waals surface area contributed by atoms with Gasteiger partial charge < -0.3 is 9.88 Å². The Labute approximate surface area is 159 Å². The lowest BCUT2D eigenvalue weighted by Gasteiger charge is -2.11. The van der Waals surface area contributed by atoms with Crippen LogP contribution in [0.15, 0.2) is 71.7 Å². The van der Waals surface area contributed by atoms with Crippen LogP contribution < -0.4 is 5.32 Å². The number of halogens is 1. The zero-order valence-electron chi connectivity index (χ0n) is 13.6. The third-order valence-corrected chi connectivity index (χ3v) is 5.20. The number of carbonyl (C=O) groups is 1. The van der Waals surface area contributed by atoms with Crippen molar-refractivity contribution in [3.8, 4) is 5.69 Å². The lowest BCUT2D eigenvalue weighted by Crippen LogP contribution is -2.25. The van der Waals surface area contributed by atoms with Crippen molar-refractivity contribution in [1.29, 1.82) is 0 Å². The molecule has 1 amide bonds. The van der Waals surface area contributed by atoms with Gasteiger partial charge in [0.25, 0.3) is 0 Å². The van der Waals surface area contributed by atoms with Crippen LogP contribution in [0.2, 0.25) is 0 Å². The Morgan fingerprint density at radius 3 is 2.72 bits per heavy atom. The fraction of sp³-hybridized carbons (Fsp3) is 0.158. The van der Waals surface area contributed by atoms with Crippen LogP contribution in [0.1, 0.15) is 11.1 Å². The Hall–Kier alpha value is -2.05. The molecule has 0 aliphatic heterocycles. The molecule has 25 heavy (non-hydrogen) atoms. The van der Waals surface area contributed by atoms with Gasteiger partial charge in [-0.05, 0) is 29.3 Å². The molecule has 128 valence electrons. The molecular formula is C19H18BrN3OS. The molecule has 0 aliphatic carbocycles. The molecule has 0 bridgehead atoms. The second kappa shape index (κ2) is 8.87. The lowest BCUT2D eigenvalue weighted by atomic mass is 10.1. The van der Waals surface area contributed by atoms with Crippen molar-refractivity contribution in [3.63, 3.8) is 0 Å². The van der Waals surface area contributed by atoms with E-state index in [-0.39, 0.29) is 5.91 Å². The first-order valence-electron chi connectivity index (χ1n) is 7.87. The summed E-state index contributed by atoms with van der Waals surface area (Å²) < 4.78 is 3.01. The van der Waals surface area contributed by atoms with E-state index in [0.29, 0.717) is 12.3 Å². The number of para-hydroxylation sites is 1. The molecule has 0 saturated heterocycles. The van der Waals surface area contributed by atoms with E-state index >= 15 is 0 Å². The summed E-state index contributed by atoms with van der Waals surface area (Å²) in [4.78, 5) is 16.2. The van der Waals surface area contributed by atoms with Crippen molar-refractivity contribution in [1.82, 2.24) is 14.9 Å². The summed E-state index contributed by atoms with van der Waals surface area (Å²) in [6.45, 7) is 0.506. The average molecular weight is 416 g/mol. The van der Waals surface area contributed by atoms with Crippen molar-refractivity contribution in [2.45, 2.75) is 12.3 Å². The van der Waals surface area contributed by atoms with E-state index in [2.05, 4.69) is 38.4 Å². The van der Waals surface area contributed by atoms with Crippen molar-refractivity contribution in [2.75, 3.05) is 5.75 Å². The molecule has 3 aromatic rings. The number of benzene rings is 2. The molecule has 4 nitrogen and oxygen atoms in total. The highest BCUT2D eigenvalue weighted by atomic mass is 79.9. The van der Waals surface area contributed by atoms with Gasteiger partial charge >= 0.3 is 0 Å². The predicted octanol–water partition coefficient (Wildman–Crippen LogP) is 4.18. The smallest absolute Gasteiger partial charge is 0.230 e. The SMILES string of the molecule is O=C(CSCc1ccc(Br)cc1)NCc1ccccc1-n1ccnc1. The predicted molar refractivity (Wildman–Crippen MR) is 106 cm³/mol. The van der Waals surface area contributed by atoms with E-state index in [1.165, 1.54) is 5.56 Å². The number of nitrogens with one attached hydrogen (secondary N) is 1. The number of hydrogen-bond donors (Lipinski definition) is 1. The van der Waals surface area contributed by atoms with Gasteiger partial charge in [-0.3, -0.25) is 4.79 Å². The highest BCUT2D eigenvalue weighted by Crippen LogP contribution is 2.16. The van der Waals surface area contributed by atoms with Gasteiger partial charge in [-0.15, -0.1) is 11.8 Å². The van der Waals surface area contributed by atoms with E-state index < -0.39 is 0 Å². The molecule has 0 atom stereocenters. The second-order valence-corrected chi connectivity index (χ2v) is 7.40. The molecule has 0 aliphatic rings. The Morgan fingerprint density at radius 2 is 1.96 bits per heavy atom. The van der Waals surface area contributed by atoms with Crippen LogP contribution in [0.3, 0.4) is 0 Å². The molecule has 1 aromatic heterocycles. The van der Waals surface area contributed by atoms with Crippen molar-refractivity contribution in [2.24, 2.45) is 0 Å². The maximum Gasteiger partial charge on any atom is 0.230 e. The number of carbonyl (C=O) groups excluding carboxylic acids is 1. The van der Waals surface area contributed by atoms with E-state index in [1.807, 2.05) is 47.2 Å². The fourth-order valence-electron chi connectivity index (χ4n) is 2.40. The quantitative estimate of drug-likeness (QED) is 0.629. The summed E-state index contributed by atoms with van der Waals surface area (Å²) >= 11 is 5.04. The minimum absolute atomic E-state index is 0.0440. The van der Waals surface area contributed by atoms with E-state index in [0.717, 1.165) is 21.5 Å². The molecule has 6 heteroatoms. The highest BCUT2D eigenvalue weighted by Gasteiger charge is 2.06. The number of rotatable bonds is 7. The number of aromatic nitrogens is 2. The molecular weight excluding hydrogens is 398 g/mol. The molecule has 3 rings (SSSR count). The summed E-state index contributed by atoms with van der Waals surface area (Å²) in [6, 6.07) is 16.2. The molecule has 0 saturated carbocycles. The van der Waals surface area contributed by atoms with Crippen molar-refractivity contribution >= 4 is 33.6 Å². The summed E-state index contributed by atoms with van der Waals surface area (Å²) in [5.41, 5.74) is 3.31. The van der Waals surface area contributed by atoms with Crippen LogP contribution in [0.25, 0.3) is 5.69 Å². The number of nitrogens with zero attached hydrogens (tertiary/aromatic N) is 2. The van der Waals surface area contributed by atoms with E-state index in [1.54, 1.807) is 24.3 Å². The first-order chi connectivity index (χ1) is 12.2. The summed E-state index contributed by atoms with van der Waals surface area (Å²) in [5.74, 6) is 1.32. The number of hydrogen-bond acceptors (Lipinski definition) is 3. The average Bonchev–Trinajstić information content (AvgIpc) is 3.16. The van der Waals surface area contributed by atoms with Crippen molar-refractivity contribution in [3.05, 3.63) is 82.9 Å². The standard InChI is InChI=1S/C19H18BrN3OS/c20-17-7-5-15(6-8-17)12-25-13-19(24)22-11-16-3-1-2-4-18(16)23-10-9-21-14-23/h1-10,14H,11-13H2,(H,22,24). The van der Waals surface area contributed by atoms with Gasteiger partial charge in [0.1, 0.15) is 0 Å². The Morgan fingerprint density at radius 1 is 1.16 bits per heavy atom. The van der Waals surface area contributed by atoms with Gasteiger partial charge in [0.2, 0.25) is 5.91 Å². The van der Waals surface area contributed by atoms with Crippen LogP contribution in [-0.2, 0) is 17.1 Å². The second-order valence-electron chi connectivity index (χ2n) is 5.49. The minimum Gasteiger partial charge on any atom is -0.351 e. The normalized spacial score (nSPS) is 10.6. The summed E-state index contributed by atoms with van der Waals surface area (Å²) in [6.07, 6.45) is 5.40. The lowest BCUT2D eigenvalue weighted by molar-refractivity contribution is -0.118. The molecule has 1 heterocycles. The van der Waals surface area contributed by atoms with E-state index in [9.17, 15) is 4.79 Å². The maximum atomic E-state index is 12.1. The summed E-state index contributed by atoms with van der Waals surface area (Å²) in [7, 11) is 0. The van der Waals surface area contributed by atoms with Gasteiger partial charge in [0.05, 0.1) is 17.8 Å². The molecule has 0 unspecified atom stereocenters. The topological polar surface area (TPSA) is 46.9 Å². The number of amides is 1. The molecule has 1 N–H and O–H groups in total. The van der Waals surface area contributed by atoms with Gasteiger partial charge in [-0.1, -0.05) is 46.3 Å². The first-order valence-corrected chi connectivity index (χ1v) is 9.82. The zero-order valence-corrected chi connectivity index (χ0v) is 16.0. The Bertz CT molecular complexity index is 819. The highest BCUT2D eigenvalue weighted by molar-refractivity contribution is 9.10. The molecule has 0 fully saturated rings. The van der Waals surface area contributed by atoms with E-state index in [4.69, 9.17) is 0 Å². The fourth-order valence-corrected chi connectivity index (χ4v) is 3.48. The Kier molecular flexibility index (Phi) is 6.30. The number of imidazole rings is 1. The van der Waals surface area contributed by atoms with Crippen LogP contribution >= 0.6 is 27.7 Å². The third-order valence-electron chi connectivity index (χ3n) is 3.67. The van der Waals surface area contributed by atoms with Crippen LogP contribution in [-0.4, -0.2) is 21.2 Å². The molecule has 0 spiro atoms. The maximum absolute atomic E-state index is 12.1. The monoisotopic (exact) mass is 415 g/mol. The molecule has 2 aromatic carbocycles. The summed E-state index contributed by atoms with van der Waals surface area (Å²) in [5, 5.41) is 3.00. The third kappa shape index (κ3) is 5.21. The van der Waals surface area contributed by atoms with Crippen LogP contribution in [0.5, 0.6) is 0 Å². The van der Waals surface area contributed by atoms with Crippen molar-refractivity contribution < 1.29 is 4.79 Å². The first kappa shape index (κ1) is 17.8. The minimum atomic E-state index is 0.0440. The van der Waals surface area contributed by atoms with Gasteiger partial charge in [0, 0.05) is 29.2 Å². The van der Waals surface area contributed by atoms with Gasteiger partial charge in [-0.25, -0.2) is 4.98 Å². The molecule has 0 radical (unpaired) electrons. The number of thioether (sulfide) groups is 1. The largest absolute Gasteiger partial charge is 0.351 e. The van der Waals surface area contributed by atoms with Crippen LogP contribution in [0.4, 0.5) is 0 Å².